The number of hydrogen-bond acceptors (Lipinski definition) is 5. The molecule has 0 radical (unpaired) electrons. The van der Waals surface area contributed by atoms with Crippen molar-refractivity contribution in [2.75, 3.05) is 25.6 Å². The number of ether oxygens (including phenoxy) is 2. The lowest BCUT2D eigenvalue weighted by Crippen LogP contribution is -2.47. The van der Waals surface area contributed by atoms with Gasteiger partial charge in [0.05, 0.1) is 19.0 Å². The van der Waals surface area contributed by atoms with E-state index >= 15 is 0 Å². The molecule has 8 heteroatoms. The van der Waals surface area contributed by atoms with Crippen LogP contribution in [0.1, 0.15) is 13.3 Å². The number of nitrogens with zero attached hydrogens (tertiary/aromatic N) is 1. The minimum absolute atomic E-state index is 0.0276. The highest BCUT2D eigenvalue weighted by molar-refractivity contribution is 7.89. The molecular weight excluding hydrogens is 388 g/mol. The van der Waals surface area contributed by atoms with Gasteiger partial charge >= 0.3 is 0 Å². The van der Waals surface area contributed by atoms with E-state index in [0.29, 0.717) is 31.4 Å². The molecule has 0 bridgehead atoms. The summed E-state index contributed by atoms with van der Waals surface area (Å²) in [6.07, 6.45) is 2.37. The van der Waals surface area contributed by atoms with Gasteiger partial charge in [-0.15, -0.1) is 0 Å². The molecule has 1 aliphatic heterocycles. The van der Waals surface area contributed by atoms with Gasteiger partial charge in [0, 0.05) is 30.3 Å². The molecule has 0 unspecified atom stereocenters. The van der Waals surface area contributed by atoms with Gasteiger partial charge in [0.1, 0.15) is 10.9 Å². The lowest BCUT2D eigenvalue weighted by molar-refractivity contribution is 0.0186. The molecule has 2 heterocycles. The lowest BCUT2D eigenvalue weighted by Gasteiger charge is -2.31. The third kappa shape index (κ3) is 5.65. The normalized spacial score (nSPS) is 20.4. The van der Waals surface area contributed by atoms with Crippen molar-refractivity contribution in [2.24, 2.45) is 5.92 Å². The predicted molar refractivity (Wildman–Crippen MR) is 105 cm³/mol. The fourth-order valence-corrected chi connectivity index (χ4v) is 3.97. The molecule has 1 aliphatic rings. The topological polar surface area (TPSA) is 77.5 Å². The summed E-state index contributed by atoms with van der Waals surface area (Å²) in [5, 5.41) is 0.460. The van der Waals surface area contributed by atoms with Gasteiger partial charge in [-0.3, -0.25) is 0 Å². The second kappa shape index (κ2) is 9.01. The number of aromatic nitrogens is 1. The van der Waals surface area contributed by atoms with E-state index in [4.69, 9.17) is 21.1 Å². The fraction of sp³-hybridized carbons (Fsp3) is 0.421. The SMILES string of the molecule is CCS(=O)(=O)N[C@H]1CCOC[C@@H]1COc1ccc(-c2ccc(Cl)nc2)cc1. The standard InChI is InChI=1S/C19H23ClN2O4S/c1-2-27(23,24)22-18-9-10-25-12-16(18)13-26-17-6-3-14(4-7-17)15-5-8-19(20)21-11-15/h3-8,11,16,18,22H,2,9-10,12-13H2,1H3/t16-,18+/m1/s1. The maximum absolute atomic E-state index is 11.9. The number of rotatable bonds is 7. The smallest absolute Gasteiger partial charge is 0.211 e. The number of sulfonamides is 1. The third-order valence-corrected chi connectivity index (χ3v) is 6.21. The van der Waals surface area contributed by atoms with Gasteiger partial charge in [-0.2, -0.15) is 0 Å². The van der Waals surface area contributed by atoms with Crippen LogP contribution in [0.5, 0.6) is 5.75 Å². The average molecular weight is 411 g/mol. The van der Waals surface area contributed by atoms with E-state index in [1.807, 2.05) is 30.3 Å². The van der Waals surface area contributed by atoms with Crippen LogP contribution in [0.3, 0.4) is 0 Å². The van der Waals surface area contributed by atoms with Gasteiger partial charge in [-0.25, -0.2) is 18.1 Å². The first-order valence-electron chi connectivity index (χ1n) is 8.89. The van der Waals surface area contributed by atoms with Crippen LogP contribution < -0.4 is 9.46 Å². The zero-order valence-corrected chi connectivity index (χ0v) is 16.7. The van der Waals surface area contributed by atoms with Gasteiger partial charge in [0.2, 0.25) is 10.0 Å². The first-order chi connectivity index (χ1) is 13.0. The van der Waals surface area contributed by atoms with E-state index in [-0.39, 0.29) is 17.7 Å². The Morgan fingerprint density at radius 3 is 2.63 bits per heavy atom. The molecule has 0 spiro atoms. The largest absolute Gasteiger partial charge is 0.493 e. The summed E-state index contributed by atoms with van der Waals surface area (Å²) < 4.78 is 37.9. The minimum Gasteiger partial charge on any atom is -0.493 e. The number of hydrogen-bond donors (Lipinski definition) is 1. The highest BCUT2D eigenvalue weighted by Crippen LogP contribution is 2.24. The molecule has 27 heavy (non-hydrogen) atoms. The van der Waals surface area contributed by atoms with Crippen LogP contribution in [0.25, 0.3) is 11.1 Å². The second-order valence-electron chi connectivity index (χ2n) is 6.46. The van der Waals surface area contributed by atoms with Crippen LogP contribution in [-0.2, 0) is 14.8 Å². The Hall–Kier alpha value is -1.67. The predicted octanol–water partition coefficient (Wildman–Crippen LogP) is 3.13. The second-order valence-corrected chi connectivity index (χ2v) is 8.89. The van der Waals surface area contributed by atoms with E-state index < -0.39 is 10.0 Å². The summed E-state index contributed by atoms with van der Waals surface area (Å²) in [6, 6.07) is 11.2. The van der Waals surface area contributed by atoms with Crippen molar-refractivity contribution in [3.8, 4) is 16.9 Å². The Morgan fingerprint density at radius 2 is 1.96 bits per heavy atom. The minimum atomic E-state index is -3.25. The summed E-state index contributed by atoms with van der Waals surface area (Å²) in [7, 11) is -3.25. The molecule has 1 fully saturated rings. The van der Waals surface area contributed by atoms with E-state index in [1.165, 1.54) is 0 Å². The fourth-order valence-electron chi connectivity index (χ4n) is 2.92. The summed E-state index contributed by atoms with van der Waals surface area (Å²) in [4.78, 5) is 4.08. The molecule has 0 amide bonds. The number of nitrogens with one attached hydrogen (secondary N) is 1. The van der Waals surface area contributed by atoms with Crippen LogP contribution in [0.4, 0.5) is 0 Å². The molecule has 1 aromatic heterocycles. The molecule has 0 aliphatic carbocycles. The van der Waals surface area contributed by atoms with Crippen LogP contribution in [0.15, 0.2) is 42.6 Å². The Bertz CT molecular complexity index is 841. The third-order valence-electron chi connectivity index (χ3n) is 4.56. The summed E-state index contributed by atoms with van der Waals surface area (Å²) in [6.45, 7) is 3.05. The Balaban J connectivity index is 1.60. The number of benzene rings is 1. The Labute approximate surface area is 164 Å². The first kappa shape index (κ1) is 20.1. The summed E-state index contributed by atoms with van der Waals surface area (Å²) in [5.41, 5.74) is 1.99. The highest BCUT2D eigenvalue weighted by atomic mass is 35.5. The van der Waals surface area contributed by atoms with Crippen molar-refractivity contribution in [1.29, 1.82) is 0 Å². The highest BCUT2D eigenvalue weighted by Gasteiger charge is 2.29. The van der Waals surface area contributed by atoms with Crippen LogP contribution >= 0.6 is 11.6 Å². The molecule has 1 N–H and O–H groups in total. The van der Waals surface area contributed by atoms with Gasteiger partial charge in [0.25, 0.3) is 0 Å². The maximum atomic E-state index is 11.9. The molecule has 146 valence electrons. The van der Waals surface area contributed by atoms with E-state index in [1.54, 1.807) is 19.2 Å². The molecule has 1 aromatic carbocycles. The molecule has 0 saturated carbocycles. The zero-order valence-electron chi connectivity index (χ0n) is 15.1. The van der Waals surface area contributed by atoms with Gasteiger partial charge in [-0.05, 0) is 43.2 Å². The average Bonchev–Trinajstić information content (AvgIpc) is 2.68. The summed E-state index contributed by atoms with van der Waals surface area (Å²) >= 11 is 5.82. The van der Waals surface area contributed by atoms with E-state index in [0.717, 1.165) is 16.9 Å². The number of halogens is 1. The summed E-state index contributed by atoms with van der Waals surface area (Å²) in [5.74, 6) is 0.766. The molecule has 2 aromatic rings. The van der Waals surface area contributed by atoms with Crippen molar-refractivity contribution in [3.63, 3.8) is 0 Å². The number of pyridine rings is 1. The zero-order chi connectivity index (χ0) is 19.3. The van der Waals surface area contributed by atoms with Gasteiger partial charge in [0.15, 0.2) is 0 Å². The van der Waals surface area contributed by atoms with E-state index in [2.05, 4.69) is 9.71 Å². The first-order valence-corrected chi connectivity index (χ1v) is 10.9. The van der Waals surface area contributed by atoms with Crippen molar-refractivity contribution in [2.45, 2.75) is 19.4 Å². The monoisotopic (exact) mass is 410 g/mol. The van der Waals surface area contributed by atoms with E-state index in [9.17, 15) is 8.42 Å². The Kier molecular flexibility index (Phi) is 6.70. The van der Waals surface area contributed by atoms with Crippen molar-refractivity contribution >= 4 is 21.6 Å². The molecular formula is C19H23ClN2O4S. The quantitative estimate of drug-likeness (QED) is 0.709. The van der Waals surface area contributed by atoms with Gasteiger partial charge < -0.3 is 9.47 Å². The molecule has 1 saturated heterocycles. The maximum Gasteiger partial charge on any atom is 0.211 e. The molecule has 2 atom stereocenters. The van der Waals surface area contributed by atoms with Crippen molar-refractivity contribution in [3.05, 3.63) is 47.7 Å². The van der Waals surface area contributed by atoms with Crippen LogP contribution in [-0.4, -0.2) is 45.0 Å². The van der Waals surface area contributed by atoms with Crippen LogP contribution in [0, 0.1) is 5.92 Å². The lowest BCUT2D eigenvalue weighted by atomic mass is 9.98. The Morgan fingerprint density at radius 1 is 1.22 bits per heavy atom. The van der Waals surface area contributed by atoms with Crippen molar-refractivity contribution < 1.29 is 17.9 Å². The molecule has 3 rings (SSSR count). The van der Waals surface area contributed by atoms with Crippen molar-refractivity contribution in [1.82, 2.24) is 9.71 Å². The van der Waals surface area contributed by atoms with Gasteiger partial charge in [-0.1, -0.05) is 23.7 Å². The molecule has 6 nitrogen and oxygen atoms in total. The van der Waals surface area contributed by atoms with Crippen LogP contribution in [0.2, 0.25) is 5.15 Å².